The molecule has 214 valence electrons. The maximum atomic E-state index is 9.99. The summed E-state index contributed by atoms with van der Waals surface area (Å²) in [4.78, 5) is 16.3. The highest BCUT2D eigenvalue weighted by atomic mass is 35.5. The maximum absolute atomic E-state index is 9.99. The molecule has 5 heteroatoms. The number of likely N-dealkylation sites (tertiary alicyclic amines) is 1. The van der Waals surface area contributed by atoms with Gasteiger partial charge in [0.2, 0.25) is 0 Å². The van der Waals surface area contributed by atoms with E-state index >= 15 is 0 Å². The highest BCUT2D eigenvalue weighted by Gasteiger charge is 2.04. The van der Waals surface area contributed by atoms with E-state index in [2.05, 4.69) is 75.8 Å². The number of carbonyl (C=O) groups excluding carboxylic acids is 1. The molecular weight excluding hydrogens is 502 g/mol. The summed E-state index contributed by atoms with van der Waals surface area (Å²) >= 11 is 5.71. The average Bonchev–Trinajstić information content (AvgIpc) is 3.42. The number of aldehydes is 1. The van der Waals surface area contributed by atoms with Gasteiger partial charge in [-0.15, -0.1) is 0 Å². The van der Waals surface area contributed by atoms with Gasteiger partial charge in [0.05, 0.1) is 10.6 Å². The lowest BCUT2D eigenvalue weighted by molar-refractivity contribution is -0.108. The summed E-state index contributed by atoms with van der Waals surface area (Å²) in [5.41, 5.74) is 4.47. The van der Waals surface area contributed by atoms with E-state index < -0.39 is 0 Å². The molecule has 4 nitrogen and oxygen atoms in total. The third-order valence-electron chi connectivity index (χ3n) is 6.36. The fourth-order valence-electron chi connectivity index (χ4n) is 3.40. The molecule has 1 atom stereocenters. The van der Waals surface area contributed by atoms with Crippen molar-refractivity contribution in [2.75, 3.05) is 20.1 Å². The summed E-state index contributed by atoms with van der Waals surface area (Å²) in [7, 11) is 2.17. The number of nitriles is 1. The topological polar surface area (TPSA) is 56.5 Å². The summed E-state index contributed by atoms with van der Waals surface area (Å²) in [6.45, 7) is 15.6. The number of allylic oxidation sites excluding steroid dienone is 1. The van der Waals surface area contributed by atoms with E-state index in [1.165, 1.54) is 43.5 Å². The van der Waals surface area contributed by atoms with Gasteiger partial charge in [0, 0.05) is 24.8 Å². The Balaban J connectivity index is 0.000000473. The standard InChI is InChI=1S/C9H12.C8H6ClN.C7H9NO.C5H11N.C5H12/c1-3-9-7-5-4-6-8(9)2;1-6-2-3-7(5-10)8(9)4-6;9-5-3-7-2-1-4-8-6-7;1-6-4-2-3-5-6;1-4-5(2)3/h4-7H,3H2,1-2H3;2-4H,1H3;1,4-7H,2-3H2;2-5H2,1H3;5H,4H2,1-3H3. The molecule has 0 aliphatic carbocycles. The molecule has 39 heavy (non-hydrogen) atoms. The van der Waals surface area contributed by atoms with Crippen LogP contribution in [0.5, 0.6) is 0 Å². The molecular formula is C34H50ClN3O. The van der Waals surface area contributed by atoms with E-state index in [-0.39, 0.29) is 0 Å². The molecule has 2 aliphatic heterocycles. The van der Waals surface area contributed by atoms with E-state index in [0.717, 1.165) is 30.6 Å². The molecule has 1 fully saturated rings. The van der Waals surface area contributed by atoms with E-state index in [1.54, 1.807) is 18.3 Å². The van der Waals surface area contributed by atoms with Crippen molar-refractivity contribution in [1.29, 1.82) is 5.26 Å². The molecule has 0 bridgehead atoms. The molecule has 2 heterocycles. The normalized spacial score (nSPS) is 15.2. The number of halogens is 1. The monoisotopic (exact) mass is 551 g/mol. The van der Waals surface area contributed by atoms with Crippen molar-refractivity contribution in [3.8, 4) is 6.07 Å². The van der Waals surface area contributed by atoms with Crippen molar-refractivity contribution < 1.29 is 4.79 Å². The Morgan fingerprint density at radius 3 is 2.15 bits per heavy atom. The third-order valence-corrected chi connectivity index (χ3v) is 6.67. The van der Waals surface area contributed by atoms with Gasteiger partial charge in [-0.3, -0.25) is 4.99 Å². The lowest BCUT2D eigenvalue weighted by Gasteiger charge is -2.05. The minimum absolute atomic E-state index is 0.354. The van der Waals surface area contributed by atoms with Crippen LogP contribution in [0.4, 0.5) is 0 Å². The zero-order valence-electron chi connectivity index (χ0n) is 25.3. The van der Waals surface area contributed by atoms with Crippen LogP contribution in [0.1, 0.15) is 82.1 Å². The molecule has 2 aromatic carbocycles. The van der Waals surface area contributed by atoms with Crippen molar-refractivity contribution in [3.05, 3.63) is 82.0 Å². The zero-order chi connectivity index (χ0) is 29.5. The van der Waals surface area contributed by atoms with Crippen molar-refractivity contribution in [3.63, 3.8) is 0 Å². The van der Waals surface area contributed by atoms with E-state index in [0.29, 0.717) is 22.9 Å². The Hall–Kier alpha value is -2.74. The fourth-order valence-corrected chi connectivity index (χ4v) is 3.68. The van der Waals surface area contributed by atoms with Crippen LogP contribution in [0, 0.1) is 37.0 Å². The SMILES string of the molecule is CCC(C)C.CCc1ccccc1C.CN1CCCC1.Cc1ccc(C#N)c(Cl)c1.O=CCC1C=NC=CC1. The van der Waals surface area contributed by atoms with Crippen LogP contribution in [0.25, 0.3) is 0 Å². The molecule has 1 unspecified atom stereocenters. The lowest BCUT2D eigenvalue weighted by Crippen LogP contribution is -2.10. The minimum atomic E-state index is 0.354. The first-order chi connectivity index (χ1) is 18.7. The van der Waals surface area contributed by atoms with Gasteiger partial charge in [0.15, 0.2) is 0 Å². The second-order valence-electron chi connectivity index (χ2n) is 10.3. The Bertz CT molecular complexity index is 1020. The predicted octanol–water partition coefficient (Wildman–Crippen LogP) is 9.02. The van der Waals surface area contributed by atoms with Gasteiger partial charge in [0.1, 0.15) is 12.4 Å². The number of hydrogen-bond acceptors (Lipinski definition) is 4. The van der Waals surface area contributed by atoms with Crippen molar-refractivity contribution >= 4 is 24.1 Å². The number of nitrogens with zero attached hydrogens (tertiary/aromatic N) is 3. The van der Waals surface area contributed by atoms with E-state index in [1.807, 2.05) is 31.3 Å². The van der Waals surface area contributed by atoms with Crippen LogP contribution in [0.15, 0.2) is 59.7 Å². The quantitative estimate of drug-likeness (QED) is 0.356. The Labute approximate surface area is 243 Å². The minimum Gasteiger partial charge on any atom is -0.306 e. The van der Waals surface area contributed by atoms with Gasteiger partial charge in [0.25, 0.3) is 0 Å². The summed E-state index contributed by atoms with van der Waals surface area (Å²) in [6, 6.07) is 15.8. The zero-order valence-corrected chi connectivity index (χ0v) is 26.0. The van der Waals surface area contributed by atoms with Crippen LogP contribution in [0.3, 0.4) is 0 Å². The van der Waals surface area contributed by atoms with Gasteiger partial charge in [-0.2, -0.15) is 5.26 Å². The number of aryl methyl sites for hydroxylation is 3. The van der Waals surface area contributed by atoms with Gasteiger partial charge in [-0.1, -0.05) is 82.1 Å². The third kappa shape index (κ3) is 19.0. The highest BCUT2D eigenvalue weighted by molar-refractivity contribution is 6.31. The van der Waals surface area contributed by atoms with Crippen LogP contribution in [0.2, 0.25) is 5.02 Å². The smallest absolute Gasteiger partial charge is 0.120 e. The Morgan fingerprint density at radius 2 is 1.77 bits per heavy atom. The molecule has 2 aliphatic rings. The van der Waals surface area contributed by atoms with E-state index in [4.69, 9.17) is 16.9 Å². The maximum Gasteiger partial charge on any atom is 0.120 e. The van der Waals surface area contributed by atoms with Crippen molar-refractivity contribution in [2.24, 2.45) is 16.8 Å². The second-order valence-corrected chi connectivity index (χ2v) is 10.7. The Kier molecular flexibility index (Phi) is 21.5. The number of carbonyl (C=O) groups is 1. The molecule has 0 aromatic heterocycles. The molecule has 0 saturated carbocycles. The predicted molar refractivity (Wildman–Crippen MR) is 170 cm³/mol. The van der Waals surface area contributed by atoms with E-state index in [9.17, 15) is 4.79 Å². The van der Waals surface area contributed by atoms with Gasteiger partial charge in [-0.25, -0.2) is 0 Å². The molecule has 0 radical (unpaired) electrons. The first-order valence-electron chi connectivity index (χ1n) is 14.2. The fraction of sp³-hybridized carbons (Fsp3) is 0.500. The summed E-state index contributed by atoms with van der Waals surface area (Å²) in [6.07, 6.45) is 13.4. The van der Waals surface area contributed by atoms with Gasteiger partial charge >= 0.3 is 0 Å². The number of benzene rings is 2. The molecule has 2 aromatic rings. The first kappa shape index (κ1) is 36.3. The van der Waals surface area contributed by atoms with Crippen LogP contribution < -0.4 is 0 Å². The van der Waals surface area contributed by atoms with Gasteiger partial charge < -0.3 is 9.69 Å². The summed E-state index contributed by atoms with van der Waals surface area (Å²) in [5, 5.41) is 9.00. The molecule has 4 rings (SSSR count). The highest BCUT2D eigenvalue weighted by Crippen LogP contribution is 2.15. The van der Waals surface area contributed by atoms with Crippen LogP contribution in [-0.4, -0.2) is 37.5 Å². The number of hydrogen-bond donors (Lipinski definition) is 0. The Morgan fingerprint density at radius 1 is 1.13 bits per heavy atom. The lowest BCUT2D eigenvalue weighted by atomic mass is 10.0. The molecule has 0 spiro atoms. The van der Waals surface area contributed by atoms with Gasteiger partial charge in [-0.05, 0) is 94.4 Å². The molecule has 1 saturated heterocycles. The second kappa shape index (κ2) is 23.2. The largest absolute Gasteiger partial charge is 0.306 e. The van der Waals surface area contributed by atoms with Crippen LogP contribution in [-0.2, 0) is 11.2 Å². The average molecular weight is 552 g/mol. The van der Waals surface area contributed by atoms with Crippen LogP contribution >= 0.6 is 11.6 Å². The summed E-state index contributed by atoms with van der Waals surface area (Å²) < 4.78 is 0. The number of aliphatic imine (C=N–C) groups is 1. The molecule has 0 amide bonds. The van der Waals surface area contributed by atoms with Crippen molar-refractivity contribution in [2.45, 2.75) is 80.1 Å². The van der Waals surface area contributed by atoms with Crippen molar-refractivity contribution in [1.82, 2.24) is 4.90 Å². The number of rotatable bonds is 4. The molecule has 0 N–H and O–H groups in total. The first-order valence-corrected chi connectivity index (χ1v) is 14.6. The summed E-state index contributed by atoms with van der Waals surface area (Å²) in [5.74, 6) is 1.24.